The first-order valence-corrected chi connectivity index (χ1v) is 8.18. The topological polar surface area (TPSA) is 29.3 Å². The molecule has 112 valence electrons. The molecule has 0 saturated heterocycles. The van der Waals surface area contributed by atoms with Gasteiger partial charge in [-0.3, -0.25) is 0 Å². The molecule has 2 N–H and O–H groups in total. The van der Waals surface area contributed by atoms with E-state index in [-0.39, 0.29) is 6.04 Å². The second-order valence-corrected chi connectivity index (χ2v) is 6.31. The van der Waals surface area contributed by atoms with E-state index >= 15 is 0 Å². The summed E-state index contributed by atoms with van der Waals surface area (Å²) < 4.78 is 1.10. The average molecular weight is 347 g/mol. The van der Waals surface area contributed by atoms with E-state index in [2.05, 4.69) is 64.3 Å². The van der Waals surface area contributed by atoms with Crippen LogP contribution >= 0.6 is 15.9 Å². The van der Waals surface area contributed by atoms with Crippen molar-refractivity contribution >= 4 is 15.9 Å². The Balaban J connectivity index is 1.76. The minimum Gasteiger partial charge on any atom is -0.324 e. The van der Waals surface area contributed by atoms with Crippen LogP contribution in [0, 0.1) is 0 Å². The predicted octanol–water partition coefficient (Wildman–Crippen LogP) is 4.01. The molecule has 0 spiro atoms. The first-order valence-electron chi connectivity index (χ1n) is 7.39. The van der Waals surface area contributed by atoms with Gasteiger partial charge in [-0.1, -0.05) is 64.5 Å². The standard InChI is InChI=1S/C18H23BrN2/c1-21(13-11-15-7-3-2-4-8-15)14-12-18(20)16-9-5-6-10-17(16)19/h2-10,18H,11-14,20H2,1H3. The average Bonchev–Trinajstić information content (AvgIpc) is 2.52. The molecule has 0 aliphatic heterocycles. The smallest absolute Gasteiger partial charge is 0.0318 e. The van der Waals surface area contributed by atoms with Gasteiger partial charge in [-0.2, -0.15) is 0 Å². The zero-order valence-electron chi connectivity index (χ0n) is 12.5. The monoisotopic (exact) mass is 346 g/mol. The minimum absolute atomic E-state index is 0.0831. The molecule has 0 heterocycles. The van der Waals surface area contributed by atoms with Crippen LogP contribution in [0.1, 0.15) is 23.6 Å². The Labute approximate surface area is 136 Å². The second kappa shape index (κ2) is 8.32. The molecule has 0 amide bonds. The number of likely N-dealkylation sites (N-methyl/N-ethyl adjacent to an activating group) is 1. The summed E-state index contributed by atoms with van der Waals surface area (Å²) in [6.45, 7) is 2.07. The Kier molecular flexibility index (Phi) is 6.43. The predicted molar refractivity (Wildman–Crippen MR) is 93.3 cm³/mol. The summed E-state index contributed by atoms with van der Waals surface area (Å²) in [6.07, 6.45) is 2.05. The third-order valence-corrected chi connectivity index (χ3v) is 4.47. The van der Waals surface area contributed by atoms with Crippen LogP contribution in [0.5, 0.6) is 0 Å². The molecule has 2 nitrogen and oxygen atoms in total. The quantitative estimate of drug-likeness (QED) is 0.820. The molecule has 2 rings (SSSR count). The maximum atomic E-state index is 6.29. The maximum absolute atomic E-state index is 6.29. The van der Waals surface area contributed by atoms with Crippen LogP contribution in [0.2, 0.25) is 0 Å². The third-order valence-electron chi connectivity index (χ3n) is 3.75. The molecule has 0 fully saturated rings. The van der Waals surface area contributed by atoms with Crippen molar-refractivity contribution < 1.29 is 0 Å². The highest BCUT2D eigenvalue weighted by Crippen LogP contribution is 2.23. The Morgan fingerprint density at radius 2 is 1.67 bits per heavy atom. The molecule has 0 aromatic heterocycles. The van der Waals surface area contributed by atoms with Crippen molar-refractivity contribution in [2.45, 2.75) is 18.9 Å². The molecular formula is C18H23BrN2. The summed E-state index contributed by atoms with van der Waals surface area (Å²) in [7, 11) is 2.16. The summed E-state index contributed by atoms with van der Waals surface area (Å²) in [5.74, 6) is 0. The van der Waals surface area contributed by atoms with E-state index in [1.165, 1.54) is 11.1 Å². The van der Waals surface area contributed by atoms with Crippen molar-refractivity contribution in [2.24, 2.45) is 5.73 Å². The van der Waals surface area contributed by atoms with E-state index in [1.54, 1.807) is 0 Å². The van der Waals surface area contributed by atoms with Crippen LogP contribution in [-0.4, -0.2) is 25.0 Å². The SMILES string of the molecule is CN(CCc1ccccc1)CCC(N)c1ccccc1Br. The summed E-state index contributed by atoms with van der Waals surface area (Å²) in [4.78, 5) is 2.35. The van der Waals surface area contributed by atoms with Crippen molar-refractivity contribution in [1.29, 1.82) is 0 Å². The molecule has 1 unspecified atom stereocenters. The number of hydrogen-bond donors (Lipinski definition) is 1. The van der Waals surface area contributed by atoms with Gasteiger partial charge in [-0.25, -0.2) is 0 Å². The van der Waals surface area contributed by atoms with Gasteiger partial charge in [-0.15, -0.1) is 0 Å². The number of benzene rings is 2. The fourth-order valence-electron chi connectivity index (χ4n) is 2.37. The number of rotatable bonds is 7. The second-order valence-electron chi connectivity index (χ2n) is 5.46. The number of nitrogens with zero attached hydrogens (tertiary/aromatic N) is 1. The third kappa shape index (κ3) is 5.27. The Morgan fingerprint density at radius 3 is 2.38 bits per heavy atom. The van der Waals surface area contributed by atoms with Gasteiger partial charge >= 0.3 is 0 Å². The summed E-state index contributed by atoms with van der Waals surface area (Å²) in [5, 5.41) is 0. The fourth-order valence-corrected chi connectivity index (χ4v) is 2.95. The first kappa shape index (κ1) is 16.2. The first-order chi connectivity index (χ1) is 10.2. The van der Waals surface area contributed by atoms with Crippen LogP contribution in [0.15, 0.2) is 59.1 Å². The van der Waals surface area contributed by atoms with Crippen LogP contribution in [-0.2, 0) is 6.42 Å². The van der Waals surface area contributed by atoms with E-state index in [9.17, 15) is 0 Å². The van der Waals surface area contributed by atoms with Gasteiger partial charge in [0, 0.05) is 17.1 Å². The lowest BCUT2D eigenvalue weighted by Crippen LogP contribution is -2.25. The largest absolute Gasteiger partial charge is 0.324 e. The van der Waals surface area contributed by atoms with Crippen LogP contribution < -0.4 is 5.73 Å². The molecule has 2 aromatic rings. The molecule has 0 aliphatic carbocycles. The Bertz CT molecular complexity index is 542. The summed E-state index contributed by atoms with van der Waals surface area (Å²) >= 11 is 3.57. The Morgan fingerprint density at radius 1 is 1.00 bits per heavy atom. The number of halogens is 1. The molecule has 0 radical (unpaired) electrons. The van der Waals surface area contributed by atoms with Crippen LogP contribution in [0.4, 0.5) is 0 Å². The lowest BCUT2D eigenvalue weighted by molar-refractivity contribution is 0.322. The van der Waals surface area contributed by atoms with Gasteiger partial charge in [0.1, 0.15) is 0 Å². The van der Waals surface area contributed by atoms with Crippen LogP contribution in [0.3, 0.4) is 0 Å². The highest BCUT2D eigenvalue weighted by Gasteiger charge is 2.10. The molecule has 0 bridgehead atoms. The molecule has 0 aliphatic rings. The summed E-state index contributed by atoms with van der Waals surface area (Å²) in [5.41, 5.74) is 8.87. The molecule has 3 heteroatoms. The molecule has 1 atom stereocenters. The highest BCUT2D eigenvalue weighted by molar-refractivity contribution is 9.10. The fraction of sp³-hybridized carbons (Fsp3) is 0.333. The van der Waals surface area contributed by atoms with E-state index in [4.69, 9.17) is 5.73 Å². The van der Waals surface area contributed by atoms with Gasteiger partial charge in [-0.05, 0) is 43.6 Å². The van der Waals surface area contributed by atoms with E-state index in [1.807, 2.05) is 18.2 Å². The van der Waals surface area contributed by atoms with E-state index in [0.717, 1.165) is 30.4 Å². The molecular weight excluding hydrogens is 324 g/mol. The van der Waals surface area contributed by atoms with Crippen molar-refractivity contribution in [2.75, 3.05) is 20.1 Å². The van der Waals surface area contributed by atoms with Gasteiger partial charge in [0.25, 0.3) is 0 Å². The van der Waals surface area contributed by atoms with Crippen molar-refractivity contribution in [3.05, 3.63) is 70.2 Å². The highest BCUT2D eigenvalue weighted by atomic mass is 79.9. The maximum Gasteiger partial charge on any atom is 0.0318 e. The van der Waals surface area contributed by atoms with Gasteiger partial charge in [0.2, 0.25) is 0 Å². The molecule has 0 saturated carbocycles. The minimum atomic E-state index is 0.0831. The zero-order valence-corrected chi connectivity index (χ0v) is 14.1. The van der Waals surface area contributed by atoms with Crippen molar-refractivity contribution in [1.82, 2.24) is 4.90 Å². The van der Waals surface area contributed by atoms with Crippen molar-refractivity contribution in [3.63, 3.8) is 0 Å². The normalized spacial score (nSPS) is 12.6. The lowest BCUT2D eigenvalue weighted by atomic mass is 10.0. The summed E-state index contributed by atoms with van der Waals surface area (Å²) in [6, 6.07) is 18.9. The Hall–Kier alpha value is -1.16. The number of nitrogens with two attached hydrogens (primary N) is 1. The van der Waals surface area contributed by atoms with Crippen molar-refractivity contribution in [3.8, 4) is 0 Å². The van der Waals surface area contributed by atoms with E-state index < -0.39 is 0 Å². The van der Waals surface area contributed by atoms with Gasteiger partial charge in [0.15, 0.2) is 0 Å². The van der Waals surface area contributed by atoms with Gasteiger partial charge in [0.05, 0.1) is 0 Å². The lowest BCUT2D eigenvalue weighted by Gasteiger charge is -2.20. The molecule has 2 aromatic carbocycles. The number of hydrogen-bond acceptors (Lipinski definition) is 2. The van der Waals surface area contributed by atoms with Crippen LogP contribution in [0.25, 0.3) is 0 Å². The molecule has 21 heavy (non-hydrogen) atoms. The van der Waals surface area contributed by atoms with E-state index in [0.29, 0.717) is 0 Å². The van der Waals surface area contributed by atoms with Gasteiger partial charge < -0.3 is 10.6 Å². The zero-order chi connectivity index (χ0) is 15.1.